The first kappa shape index (κ1) is 17.4. The SMILES string of the molecule is CN(Cc1ccc(Cl)s1)S(=O)(=O)c1ccc(S(C)(=O)=O)cc1. The lowest BCUT2D eigenvalue weighted by atomic mass is 10.4. The molecule has 0 aliphatic rings. The second kappa shape index (κ2) is 6.29. The Labute approximate surface area is 139 Å². The molecule has 2 rings (SSSR count). The largest absolute Gasteiger partial charge is 0.243 e. The summed E-state index contributed by atoms with van der Waals surface area (Å²) in [6, 6.07) is 8.65. The Morgan fingerprint density at radius 3 is 2.00 bits per heavy atom. The fourth-order valence-corrected chi connectivity index (χ4v) is 4.78. The average Bonchev–Trinajstić information content (AvgIpc) is 2.83. The Hall–Kier alpha value is -0.930. The third-order valence-electron chi connectivity index (χ3n) is 2.97. The number of benzene rings is 1. The second-order valence-electron chi connectivity index (χ2n) is 4.71. The van der Waals surface area contributed by atoms with Gasteiger partial charge in [-0.3, -0.25) is 0 Å². The molecule has 1 aromatic heterocycles. The van der Waals surface area contributed by atoms with E-state index in [0.29, 0.717) is 4.34 Å². The molecule has 0 fully saturated rings. The average molecular weight is 380 g/mol. The Morgan fingerprint density at radius 1 is 1.00 bits per heavy atom. The molecule has 0 N–H and O–H groups in total. The van der Waals surface area contributed by atoms with Gasteiger partial charge in [-0.15, -0.1) is 11.3 Å². The van der Waals surface area contributed by atoms with Gasteiger partial charge in [-0.25, -0.2) is 16.8 Å². The Morgan fingerprint density at radius 2 is 1.55 bits per heavy atom. The molecule has 0 aliphatic carbocycles. The number of hydrogen-bond donors (Lipinski definition) is 0. The van der Waals surface area contributed by atoms with Crippen LogP contribution in [0.4, 0.5) is 0 Å². The van der Waals surface area contributed by atoms with Gasteiger partial charge in [-0.05, 0) is 36.4 Å². The predicted octanol–water partition coefficient (Wildman–Crippen LogP) is 2.63. The monoisotopic (exact) mass is 379 g/mol. The van der Waals surface area contributed by atoms with Crippen molar-refractivity contribution in [2.75, 3.05) is 13.3 Å². The van der Waals surface area contributed by atoms with Crippen molar-refractivity contribution < 1.29 is 16.8 Å². The molecule has 0 spiro atoms. The highest BCUT2D eigenvalue weighted by molar-refractivity contribution is 7.90. The number of rotatable bonds is 5. The minimum Gasteiger partial charge on any atom is -0.224 e. The van der Waals surface area contributed by atoms with Gasteiger partial charge in [0.2, 0.25) is 10.0 Å². The van der Waals surface area contributed by atoms with Crippen LogP contribution in [0.1, 0.15) is 4.88 Å². The van der Waals surface area contributed by atoms with E-state index in [-0.39, 0.29) is 16.3 Å². The van der Waals surface area contributed by atoms with Crippen LogP contribution in [0.5, 0.6) is 0 Å². The number of halogens is 1. The van der Waals surface area contributed by atoms with Crippen LogP contribution in [-0.2, 0) is 26.4 Å². The summed E-state index contributed by atoms with van der Waals surface area (Å²) < 4.78 is 49.5. The Kier molecular flexibility index (Phi) is 4.98. The van der Waals surface area contributed by atoms with Gasteiger partial charge in [0.15, 0.2) is 9.84 Å². The number of hydrogen-bond acceptors (Lipinski definition) is 5. The molecule has 22 heavy (non-hydrogen) atoms. The zero-order chi connectivity index (χ0) is 16.5. The smallest absolute Gasteiger partial charge is 0.224 e. The summed E-state index contributed by atoms with van der Waals surface area (Å²) in [6.45, 7) is 0.202. The number of sulfonamides is 1. The lowest BCUT2D eigenvalue weighted by molar-refractivity contribution is 0.469. The summed E-state index contributed by atoms with van der Waals surface area (Å²) in [5, 5.41) is 0. The summed E-state index contributed by atoms with van der Waals surface area (Å²) in [4.78, 5) is 0.952. The highest BCUT2D eigenvalue weighted by atomic mass is 35.5. The molecule has 9 heteroatoms. The molecule has 0 amide bonds. The molecular formula is C13H14ClNO4S3. The highest BCUT2D eigenvalue weighted by Crippen LogP contribution is 2.25. The van der Waals surface area contributed by atoms with Crippen LogP contribution in [-0.4, -0.2) is 34.4 Å². The topological polar surface area (TPSA) is 71.5 Å². The van der Waals surface area contributed by atoms with E-state index in [4.69, 9.17) is 11.6 Å². The maximum atomic E-state index is 12.5. The minimum atomic E-state index is -3.69. The van der Waals surface area contributed by atoms with E-state index in [1.54, 1.807) is 12.1 Å². The summed E-state index contributed by atoms with van der Waals surface area (Å²) >= 11 is 7.14. The van der Waals surface area contributed by atoms with Crippen LogP contribution in [0, 0.1) is 0 Å². The van der Waals surface area contributed by atoms with Crippen LogP contribution >= 0.6 is 22.9 Å². The van der Waals surface area contributed by atoms with Gasteiger partial charge in [-0.2, -0.15) is 4.31 Å². The summed E-state index contributed by atoms with van der Waals surface area (Å²) in [5.74, 6) is 0. The van der Waals surface area contributed by atoms with Gasteiger partial charge in [0.25, 0.3) is 0 Å². The fourth-order valence-electron chi connectivity index (χ4n) is 1.78. The molecule has 120 valence electrons. The van der Waals surface area contributed by atoms with Crippen molar-refractivity contribution in [3.05, 3.63) is 45.6 Å². The molecule has 5 nitrogen and oxygen atoms in total. The maximum Gasteiger partial charge on any atom is 0.243 e. The van der Waals surface area contributed by atoms with Crippen LogP contribution in [0.25, 0.3) is 0 Å². The van der Waals surface area contributed by atoms with Crippen LogP contribution < -0.4 is 0 Å². The highest BCUT2D eigenvalue weighted by Gasteiger charge is 2.22. The first-order chi connectivity index (χ1) is 10.1. The quantitative estimate of drug-likeness (QED) is 0.800. The van der Waals surface area contributed by atoms with E-state index < -0.39 is 19.9 Å². The summed E-state index contributed by atoms with van der Waals surface area (Å²) in [7, 11) is -5.57. The molecule has 1 heterocycles. The van der Waals surface area contributed by atoms with Crippen molar-refractivity contribution in [2.45, 2.75) is 16.3 Å². The standard InChI is InChI=1S/C13H14ClNO4S3/c1-15(9-10-3-8-13(14)20-10)22(18,19)12-6-4-11(5-7-12)21(2,16)17/h3-8H,9H2,1-2H3. The van der Waals surface area contributed by atoms with Crippen LogP contribution in [0.3, 0.4) is 0 Å². The lowest BCUT2D eigenvalue weighted by Gasteiger charge is -2.16. The molecule has 0 unspecified atom stereocenters. The molecular weight excluding hydrogens is 366 g/mol. The van der Waals surface area contributed by atoms with Crippen molar-refractivity contribution in [2.24, 2.45) is 0 Å². The number of nitrogens with zero attached hydrogens (tertiary/aromatic N) is 1. The van der Waals surface area contributed by atoms with Gasteiger partial charge in [0.05, 0.1) is 14.1 Å². The van der Waals surface area contributed by atoms with Gasteiger partial charge in [-0.1, -0.05) is 11.6 Å². The number of thiophene rings is 1. The number of sulfone groups is 1. The fraction of sp³-hybridized carbons (Fsp3) is 0.231. The van der Waals surface area contributed by atoms with Gasteiger partial charge >= 0.3 is 0 Å². The van der Waals surface area contributed by atoms with E-state index in [9.17, 15) is 16.8 Å². The predicted molar refractivity (Wildman–Crippen MR) is 87.5 cm³/mol. The van der Waals surface area contributed by atoms with Gasteiger partial charge in [0.1, 0.15) is 0 Å². The third kappa shape index (κ3) is 3.88. The van der Waals surface area contributed by atoms with E-state index in [1.165, 1.54) is 47.0 Å². The molecule has 2 aromatic rings. The van der Waals surface area contributed by atoms with Crippen molar-refractivity contribution in [3.8, 4) is 0 Å². The van der Waals surface area contributed by atoms with Crippen molar-refractivity contribution >= 4 is 42.8 Å². The molecule has 0 atom stereocenters. The Balaban J connectivity index is 2.26. The van der Waals surface area contributed by atoms with Crippen molar-refractivity contribution in [1.29, 1.82) is 0 Å². The van der Waals surface area contributed by atoms with E-state index in [1.807, 2.05) is 0 Å². The van der Waals surface area contributed by atoms with Gasteiger partial charge in [0, 0.05) is 24.7 Å². The van der Waals surface area contributed by atoms with E-state index >= 15 is 0 Å². The third-order valence-corrected chi connectivity index (χ3v) is 7.13. The molecule has 0 bridgehead atoms. The Bertz CT molecular complexity index is 870. The summed E-state index contributed by atoms with van der Waals surface area (Å²) in [5.41, 5.74) is 0. The molecule has 0 aliphatic heterocycles. The van der Waals surface area contributed by atoms with Crippen LogP contribution in [0.15, 0.2) is 46.2 Å². The molecule has 0 saturated carbocycles. The van der Waals surface area contributed by atoms with E-state index in [2.05, 4.69) is 0 Å². The van der Waals surface area contributed by atoms with Gasteiger partial charge < -0.3 is 0 Å². The lowest BCUT2D eigenvalue weighted by Crippen LogP contribution is -2.26. The minimum absolute atomic E-state index is 0.0463. The first-order valence-corrected chi connectivity index (χ1v) is 10.6. The second-order valence-corrected chi connectivity index (χ2v) is 10.6. The first-order valence-electron chi connectivity index (χ1n) is 6.11. The molecule has 0 radical (unpaired) electrons. The van der Waals surface area contributed by atoms with Crippen molar-refractivity contribution in [1.82, 2.24) is 4.31 Å². The van der Waals surface area contributed by atoms with Crippen LogP contribution in [0.2, 0.25) is 4.34 Å². The summed E-state index contributed by atoms with van der Waals surface area (Å²) in [6.07, 6.45) is 1.07. The zero-order valence-corrected chi connectivity index (χ0v) is 15.1. The maximum absolute atomic E-state index is 12.5. The van der Waals surface area contributed by atoms with E-state index in [0.717, 1.165) is 11.1 Å². The molecule has 0 saturated heterocycles. The van der Waals surface area contributed by atoms with Crippen molar-refractivity contribution in [3.63, 3.8) is 0 Å². The zero-order valence-electron chi connectivity index (χ0n) is 11.9. The normalized spacial score (nSPS) is 12.7. The molecule has 1 aromatic carbocycles.